The summed E-state index contributed by atoms with van der Waals surface area (Å²) in [5.41, 5.74) is 1.96. The number of nitrogens with zero attached hydrogens (tertiary/aromatic N) is 2. The van der Waals surface area contributed by atoms with Gasteiger partial charge in [-0.15, -0.1) is 0 Å². The van der Waals surface area contributed by atoms with Gasteiger partial charge >= 0.3 is 0 Å². The fraction of sp³-hybridized carbons (Fsp3) is 0.250. The summed E-state index contributed by atoms with van der Waals surface area (Å²) in [6.45, 7) is 1.96. The molecular formula is C12H12N2OS. The largest absolute Gasteiger partial charge is 0.461 e. The Bertz CT molecular complexity index is 666. The summed E-state index contributed by atoms with van der Waals surface area (Å²) in [5.74, 6) is 0.932. The average Bonchev–Trinajstić information content (AvgIpc) is 2.77. The van der Waals surface area contributed by atoms with Crippen LogP contribution in [0.3, 0.4) is 0 Å². The van der Waals surface area contributed by atoms with Crippen molar-refractivity contribution in [3.05, 3.63) is 24.0 Å². The van der Waals surface area contributed by atoms with Gasteiger partial charge in [0.2, 0.25) is 0 Å². The molecule has 0 fully saturated rings. The van der Waals surface area contributed by atoms with E-state index in [-0.39, 0.29) is 0 Å². The molecule has 3 nitrogen and oxygen atoms in total. The van der Waals surface area contributed by atoms with Gasteiger partial charge in [0.1, 0.15) is 11.3 Å². The van der Waals surface area contributed by atoms with E-state index < -0.39 is 0 Å². The first kappa shape index (κ1) is 9.66. The maximum Gasteiger partial charge on any atom is 0.185 e. The lowest BCUT2D eigenvalue weighted by Gasteiger charge is -2.04. The van der Waals surface area contributed by atoms with Crippen molar-refractivity contribution < 1.29 is 4.42 Å². The molecule has 1 aromatic carbocycles. The summed E-state index contributed by atoms with van der Waals surface area (Å²) in [5, 5.41) is 2.14. The highest BCUT2D eigenvalue weighted by Gasteiger charge is 2.11. The standard InChI is InChI=1S/C12H12N2OS/c1-7-6-8-9(15-7)4-5-10-11(8)13-12(16-10)14(2)3/h4-6H,1-3H3. The molecule has 0 aliphatic rings. The van der Waals surface area contributed by atoms with Gasteiger partial charge in [-0.3, -0.25) is 0 Å². The molecule has 82 valence electrons. The summed E-state index contributed by atoms with van der Waals surface area (Å²) >= 11 is 1.70. The lowest BCUT2D eigenvalue weighted by atomic mass is 10.2. The van der Waals surface area contributed by atoms with Gasteiger partial charge in [0.25, 0.3) is 0 Å². The minimum absolute atomic E-state index is 0.917. The average molecular weight is 232 g/mol. The minimum atomic E-state index is 0.917. The molecule has 0 bridgehead atoms. The molecule has 3 rings (SSSR count). The number of furan rings is 1. The molecule has 0 radical (unpaired) electrons. The zero-order valence-corrected chi connectivity index (χ0v) is 10.3. The third-order valence-corrected chi connectivity index (χ3v) is 3.74. The van der Waals surface area contributed by atoms with Gasteiger partial charge in [-0.2, -0.15) is 0 Å². The molecule has 2 aromatic heterocycles. The van der Waals surface area contributed by atoms with E-state index in [1.807, 2.05) is 32.0 Å². The van der Waals surface area contributed by atoms with Crippen molar-refractivity contribution in [1.82, 2.24) is 4.98 Å². The van der Waals surface area contributed by atoms with Crippen molar-refractivity contribution in [2.45, 2.75) is 6.92 Å². The third kappa shape index (κ3) is 1.30. The molecule has 0 amide bonds. The van der Waals surface area contributed by atoms with Crippen LogP contribution in [-0.2, 0) is 0 Å². The van der Waals surface area contributed by atoms with Crippen LogP contribution in [0.4, 0.5) is 5.13 Å². The van der Waals surface area contributed by atoms with Gasteiger partial charge in [0.05, 0.1) is 10.2 Å². The van der Waals surface area contributed by atoms with Crippen LogP contribution in [0.15, 0.2) is 22.6 Å². The Morgan fingerprint density at radius 3 is 2.88 bits per heavy atom. The van der Waals surface area contributed by atoms with Gasteiger partial charge in [0, 0.05) is 19.5 Å². The number of aromatic nitrogens is 1. The van der Waals surface area contributed by atoms with E-state index in [1.54, 1.807) is 11.3 Å². The van der Waals surface area contributed by atoms with Crippen LogP contribution in [0.25, 0.3) is 21.2 Å². The second kappa shape index (κ2) is 3.22. The molecule has 3 aromatic rings. The van der Waals surface area contributed by atoms with Crippen LogP contribution in [-0.4, -0.2) is 19.1 Å². The Morgan fingerprint density at radius 1 is 1.31 bits per heavy atom. The van der Waals surface area contributed by atoms with E-state index in [0.29, 0.717) is 0 Å². The zero-order valence-electron chi connectivity index (χ0n) is 9.44. The molecule has 0 saturated heterocycles. The number of benzene rings is 1. The van der Waals surface area contributed by atoms with Crippen molar-refractivity contribution in [3.63, 3.8) is 0 Å². The second-order valence-electron chi connectivity index (χ2n) is 4.07. The van der Waals surface area contributed by atoms with Crippen LogP contribution in [0.1, 0.15) is 5.76 Å². The van der Waals surface area contributed by atoms with Crippen LogP contribution in [0, 0.1) is 6.92 Å². The predicted octanol–water partition coefficient (Wildman–Crippen LogP) is 3.42. The number of aryl methyl sites for hydroxylation is 1. The monoisotopic (exact) mass is 232 g/mol. The van der Waals surface area contributed by atoms with Gasteiger partial charge in [-0.05, 0) is 25.1 Å². The summed E-state index contributed by atoms with van der Waals surface area (Å²) < 4.78 is 6.80. The molecular weight excluding hydrogens is 220 g/mol. The highest BCUT2D eigenvalue weighted by molar-refractivity contribution is 7.22. The Kier molecular flexibility index (Phi) is 1.94. The fourth-order valence-corrected chi connectivity index (χ4v) is 2.71. The molecule has 0 atom stereocenters. The first-order chi connectivity index (χ1) is 7.65. The zero-order chi connectivity index (χ0) is 11.3. The number of hydrogen-bond acceptors (Lipinski definition) is 4. The Hall–Kier alpha value is -1.55. The van der Waals surface area contributed by atoms with E-state index in [0.717, 1.165) is 27.4 Å². The van der Waals surface area contributed by atoms with Gasteiger partial charge < -0.3 is 9.32 Å². The quantitative estimate of drug-likeness (QED) is 0.643. The third-order valence-electron chi connectivity index (χ3n) is 2.55. The Balaban J connectivity index is 2.40. The van der Waals surface area contributed by atoms with Crippen molar-refractivity contribution in [1.29, 1.82) is 0 Å². The van der Waals surface area contributed by atoms with Gasteiger partial charge in [-0.25, -0.2) is 4.98 Å². The predicted molar refractivity (Wildman–Crippen MR) is 68.5 cm³/mol. The Labute approximate surface area is 97.3 Å². The summed E-state index contributed by atoms with van der Waals surface area (Å²) in [6.07, 6.45) is 0. The van der Waals surface area contributed by atoms with Crippen molar-refractivity contribution in [2.24, 2.45) is 0 Å². The van der Waals surface area contributed by atoms with Crippen LogP contribution in [0.5, 0.6) is 0 Å². The number of anilines is 1. The first-order valence-corrected chi connectivity index (χ1v) is 5.94. The Morgan fingerprint density at radius 2 is 2.12 bits per heavy atom. The molecule has 0 saturated carbocycles. The van der Waals surface area contributed by atoms with Crippen LogP contribution in [0.2, 0.25) is 0 Å². The summed E-state index contributed by atoms with van der Waals surface area (Å²) in [4.78, 5) is 6.67. The molecule has 0 spiro atoms. The second-order valence-corrected chi connectivity index (χ2v) is 5.08. The van der Waals surface area contributed by atoms with Gasteiger partial charge in [0.15, 0.2) is 5.13 Å². The maximum atomic E-state index is 5.60. The van der Waals surface area contributed by atoms with E-state index in [4.69, 9.17) is 4.42 Å². The van der Waals surface area contributed by atoms with Crippen molar-refractivity contribution in [3.8, 4) is 0 Å². The topological polar surface area (TPSA) is 29.3 Å². The molecule has 4 heteroatoms. The summed E-state index contributed by atoms with van der Waals surface area (Å²) in [6, 6.07) is 6.14. The highest BCUT2D eigenvalue weighted by Crippen LogP contribution is 2.33. The number of thiazole rings is 1. The number of fused-ring (bicyclic) bond motifs is 3. The van der Waals surface area contributed by atoms with Gasteiger partial charge in [-0.1, -0.05) is 11.3 Å². The van der Waals surface area contributed by atoms with E-state index in [9.17, 15) is 0 Å². The van der Waals surface area contributed by atoms with Crippen LogP contribution < -0.4 is 4.90 Å². The van der Waals surface area contributed by atoms with Crippen molar-refractivity contribution >= 4 is 37.7 Å². The molecule has 0 aliphatic carbocycles. The van der Waals surface area contributed by atoms with E-state index in [2.05, 4.69) is 17.1 Å². The van der Waals surface area contributed by atoms with E-state index in [1.165, 1.54) is 4.70 Å². The molecule has 16 heavy (non-hydrogen) atoms. The van der Waals surface area contributed by atoms with Crippen LogP contribution >= 0.6 is 11.3 Å². The number of hydrogen-bond donors (Lipinski definition) is 0. The minimum Gasteiger partial charge on any atom is -0.461 e. The highest BCUT2D eigenvalue weighted by atomic mass is 32.1. The van der Waals surface area contributed by atoms with E-state index >= 15 is 0 Å². The smallest absolute Gasteiger partial charge is 0.185 e. The number of rotatable bonds is 1. The maximum absolute atomic E-state index is 5.60. The molecule has 0 unspecified atom stereocenters. The lowest BCUT2D eigenvalue weighted by Crippen LogP contribution is -2.07. The molecule has 0 N–H and O–H groups in total. The lowest BCUT2D eigenvalue weighted by molar-refractivity contribution is 0.579. The first-order valence-electron chi connectivity index (χ1n) is 5.12. The molecule has 2 heterocycles. The SMILES string of the molecule is Cc1cc2c(ccc3sc(N(C)C)nc32)o1. The molecule has 0 aliphatic heterocycles. The van der Waals surface area contributed by atoms with Crippen molar-refractivity contribution in [2.75, 3.05) is 19.0 Å². The normalized spacial score (nSPS) is 11.4. The fourth-order valence-electron chi connectivity index (χ4n) is 1.81. The summed E-state index contributed by atoms with van der Waals surface area (Å²) in [7, 11) is 4.02.